The summed E-state index contributed by atoms with van der Waals surface area (Å²) in [6.45, 7) is 0.119. The highest BCUT2D eigenvalue weighted by molar-refractivity contribution is 7.89. The molecule has 15 heteroatoms. The van der Waals surface area contributed by atoms with Crippen LogP contribution in [-0.4, -0.2) is 62.4 Å². The number of amides is 1. The topological polar surface area (TPSA) is 159 Å². The first-order valence-electron chi connectivity index (χ1n) is 11.4. The molecular formula is C24H24F2N6O6S. The fraction of sp³-hybridized carbons (Fsp3) is 0.208. The first-order valence-corrected chi connectivity index (χ1v) is 12.9. The molecular weight excluding hydrogens is 538 g/mol. The van der Waals surface area contributed by atoms with Crippen LogP contribution in [0.25, 0.3) is 16.9 Å². The average Bonchev–Trinajstić information content (AvgIpc) is 3.35. The number of ether oxygens (including phenoxy) is 3. The third kappa shape index (κ3) is 6.39. The number of imidazole rings is 1. The largest absolute Gasteiger partial charge is 0.494 e. The molecule has 4 N–H and O–H groups in total. The van der Waals surface area contributed by atoms with Crippen molar-refractivity contribution in [2.75, 3.05) is 38.8 Å². The number of halogens is 2. The van der Waals surface area contributed by atoms with Gasteiger partial charge in [0.15, 0.2) is 23.0 Å². The highest BCUT2D eigenvalue weighted by atomic mass is 32.2. The molecule has 2 aromatic carbocycles. The average molecular weight is 563 g/mol. The number of methoxy groups -OCH3 is 1. The number of nitrogens with two attached hydrogens (primary N) is 1. The van der Waals surface area contributed by atoms with Crippen molar-refractivity contribution in [1.29, 1.82) is 0 Å². The van der Waals surface area contributed by atoms with E-state index in [0.717, 1.165) is 0 Å². The molecule has 0 unspecified atom stereocenters. The first-order chi connectivity index (χ1) is 18.7. The summed E-state index contributed by atoms with van der Waals surface area (Å²) >= 11 is 0. The highest BCUT2D eigenvalue weighted by Gasteiger charge is 2.19. The number of hydrogen-bond acceptors (Lipinski definition) is 9. The normalized spacial score (nSPS) is 11.5. The molecule has 39 heavy (non-hydrogen) atoms. The number of carbonyl (C=O) groups excluding carboxylic acids is 1. The number of rotatable bonds is 12. The second-order valence-corrected chi connectivity index (χ2v) is 9.65. The predicted molar refractivity (Wildman–Crippen MR) is 136 cm³/mol. The van der Waals surface area contributed by atoms with Crippen molar-refractivity contribution in [1.82, 2.24) is 19.1 Å². The Balaban J connectivity index is 1.43. The Morgan fingerprint density at radius 2 is 1.82 bits per heavy atom. The number of sulfonamides is 1. The van der Waals surface area contributed by atoms with Crippen molar-refractivity contribution in [2.24, 2.45) is 5.73 Å². The summed E-state index contributed by atoms with van der Waals surface area (Å²) < 4.78 is 72.4. The summed E-state index contributed by atoms with van der Waals surface area (Å²) in [6, 6.07) is 8.61. The van der Waals surface area contributed by atoms with Gasteiger partial charge in [-0.25, -0.2) is 32.3 Å². The molecule has 0 aliphatic carbocycles. The zero-order chi connectivity index (χ0) is 28.0. The van der Waals surface area contributed by atoms with Gasteiger partial charge in [0, 0.05) is 30.2 Å². The van der Waals surface area contributed by atoms with E-state index in [4.69, 9.17) is 15.2 Å². The van der Waals surface area contributed by atoms with Gasteiger partial charge < -0.3 is 25.3 Å². The van der Waals surface area contributed by atoms with Crippen LogP contribution in [0.2, 0.25) is 0 Å². The molecule has 0 aliphatic rings. The number of primary amides is 1. The molecule has 0 spiro atoms. The van der Waals surface area contributed by atoms with Crippen LogP contribution < -0.4 is 20.5 Å². The molecule has 0 bridgehead atoms. The van der Waals surface area contributed by atoms with Gasteiger partial charge in [-0.2, -0.15) is 4.39 Å². The number of carbonyl (C=O) groups is 1. The molecule has 0 aliphatic heterocycles. The fourth-order valence-corrected chi connectivity index (χ4v) is 4.60. The summed E-state index contributed by atoms with van der Waals surface area (Å²) in [5.41, 5.74) is 5.96. The Hall–Kier alpha value is -4.34. The maximum Gasteiger partial charge on any atom is 0.404 e. The Bertz CT molecular complexity index is 1580. The zero-order valence-electron chi connectivity index (χ0n) is 20.6. The second kappa shape index (κ2) is 12.0. The number of nitrogens with one attached hydrogen (secondary N) is 2. The first kappa shape index (κ1) is 27.7. The number of fused-ring (bicyclic) bond motifs is 1. The van der Waals surface area contributed by atoms with Crippen LogP contribution in [-0.2, 0) is 19.5 Å². The molecule has 206 valence electrons. The zero-order valence-corrected chi connectivity index (χ0v) is 21.4. The van der Waals surface area contributed by atoms with E-state index in [0.29, 0.717) is 22.8 Å². The van der Waals surface area contributed by atoms with Crippen molar-refractivity contribution in [2.45, 2.75) is 4.90 Å². The molecule has 0 radical (unpaired) electrons. The number of benzene rings is 2. The number of hydrogen-bond donors (Lipinski definition) is 3. The van der Waals surface area contributed by atoms with Crippen LogP contribution in [0, 0.1) is 11.6 Å². The molecule has 4 aromatic rings. The summed E-state index contributed by atoms with van der Waals surface area (Å²) in [5, 5.41) is 3.05. The molecule has 1 amide bonds. The van der Waals surface area contributed by atoms with E-state index in [-0.39, 0.29) is 42.6 Å². The van der Waals surface area contributed by atoms with E-state index in [9.17, 15) is 22.0 Å². The number of nitrogens with zero attached hydrogens (tertiary/aromatic N) is 3. The van der Waals surface area contributed by atoms with E-state index >= 15 is 0 Å². The summed E-state index contributed by atoms with van der Waals surface area (Å²) in [5.74, 6) is -2.08. The number of anilines is 2. The molecule has 0 atom stereocenters. The van der Waals surface area contributed by atoms with Gasteiger partial charge in [-0.15, -0.1) is 0 Å². The lowest BCUT2D eigenvalue weighted by molar-refractivity contribution is 0.0793. The van der Waals surface area contributed by atoms with Gasteiger partial charge in [0.1, 0.15) is 6.61 Å². The van der Waals surface area contributed by atoms with Crippen LogP contribution in [0.1, 0.15) is 0 Å². The van der Waals surface area contributed by atoms with Gasteiger partial charge in [-0.3, -0.25) is 4.40 Å². The molecule has 4 rings (SSSR count). The van der Waals surface area contributed by atoms with Gasteiger partial charge in [0.2, 0.25) is 15.8 Å². The van der Waals surface area contributed by atoms with Gasteiger partial charge in [0.05, 0.1) is 37.1 Å². The Morgan fingerprint density at radius 1 is 1.05 bits per heavy atom. The minimum Gasteiger partial charge on any atom is -0.494 e. The van der Waals surface area contributed by atoms with Crippen LogP contribution in [0.5, 0.6) is 5.75 Å². The van der Waals surface area contributed by atoms with Crippen molar-refractivity contribution in [3.8, 4) is 17.0 Å². The van der Waals surface area contributed by atoms with Gasteiger partial charge in [-0.1, -0.05) is 0 Å². The molecule has 2 heterocycles. The Kier molecular flexibility index (Phi) is 8.53. The quantitative estimate of drug-likeness (QED) is 0.221. The maximum atomic E-state index is 14.7. The smallest absolute Gasteiger partial charge is 0.404 e. The van der Waals surface area contributed by atoms with Crippen molar-refractivity contribution in [3.63, 3.8) is 0 Å². The highest BCUT2D eigenvalue weighted by Crippen LogP contribution is 2.31. The molecule has 0 fully saturated rings. The van der Waals surface area contributed by atoms with Gasteiger partial charge in [-0.05, 0) is 36.4 Å². The summed E-state index contributed by atoms with van der Waals surface area (Å²) in [7, 11) is -2.55. The van der Waals surface area contributed by atoms with E-state index in [1.165, 1.54) is 43.8 Å². The SMILES string of the molecule is COc1ccc(-c2cnc3c(Nc4ccc(S(=O)(=O)NCCOCCOC(N)=O)cc4)nccn23)c(F)c1F. The van der Waals surface area contributed by atoms with Crippen molar-refractivity contribution >= 4 is 33.3 Å². The minimum absolute atomic E-state index is 0.00568. The molecule has 0 saturated heterocycles. The lowest BCUT2D eigenvalue weighted by atomic mass is 10.1. The van der Waals surface area contributed by atoms with Crippen molar-refractivity contribution in [3.05, 3.63) is 66.6 Å². The van der Waals surface area contributed by atoms with Crippen LogP contribution in [0.3, 0.4) is 0 Å². The van der Waals surface area contributed by atoms with Crippen molar-refractivity contribution < 1.29 is 36.2 Å². The monoisotopic (exact) mass is 562 g/mol. The van der Waals surface area contributed by atoms with Crippen LogP contribution in [0.15, 0.2) is 59.9 Å². The minimum atomic E-state index is -3.80. The van der Waals surface area contributed by atoms with E-state index in [1.807, 2.05) is 0 Å². The maximum absolute atomic E-state index is 14.7. The van der Waals surface area contributed by atoms with Gasteiger partial charge in [0.25, 0.3) is 0 Å². The predicted octanol–water partition coefficient (Wildman–Crippen LogP) is 2.82. The van der Waals surface area contributed by atoms with Crippen LogP contribution >= 0.6 is 0 Å². The van der Waals surface area contributed by atoms with E-state index in [2.05, 4.69) is 24.7 Å². The second-order valence-electron chi connectivity index (χ2n) is 7.88. The Morgan fingerprint density at radius 3 is 2.54 bits per heavy atom. The molecule has 12 nitrogen and oxygen atoms in total. The molecule has 0 saturated carbocycles. The van der Waals surface area contributed by atoms with E-state index in [1.54, 1.807) is 22.7 Å². The summed E-state index contributed by atoms with van der Waals surface area (Å²) in [4.78, 5) is 19.1. The fourth-order valence-electron chi connectivity index (χ4n) is 3.58. The van der Waals surface area contributed by atoms with Crippen LogP contribution in [0.4, 0.5) is 25.1 Å². The summed E-state index contributed by atoms with van der Waals surface area (Å²) in [6.07, 6.45) is 3.49. The lowest BCUT2D eigenvalue weighted by Gasteiger charge is -2.11. The number of aromatic nitrogens is 3. The lowest BCUT2D eigenvalue weighted by Crippen LogP contribution is -2.28. The molecule has 2 aromatic heterocycles. The van der Waals surface area contributed by atoms with E-state index < -0.39 is 27.8 Å². The third-order valence-electron chi connectivity index (χ3n) is 5.41. The third-order valence-corrected chi connectivity index (χ3v) is 6.89. The standard InChI is InChI=1S/C24H24F2N6O6S/c1-36-19-7-6-17(20(25)21(19)26)18-14-29-23-22(28-8-10-32(18)23)31-15-2-4-16(5-3-15)39(34,35)30-9-11-37-12-13-38-24(27)33/h2-8,10,14,30H,9,11-13H2,1H3,(H2,27,33)(H,28,31). The Labute approximate surface area is 221 Å². The van der Waals surface area contributed by atoms with Gasteiger partial charge >= 0.3 is 6.09 Å².